The fourth-order valence-electron chi connectivity index (χ4n) is 4.15. The van der Waals surface area contributed by atoms with Gasteiger partial charge in [0, 0.05) is 54.0 Å². The molecule has 0 fully saturated rings. The molecule has 5 aromatic heterocycles. The number of nitrogens with one attached hydrogen (secondary N) is 3. The average Bonchev–Trinajstić information content (AvgIpc) is 3.51. The number of rotatable bonds is 6. The molecule has 0 aliphatic heterocycles. The monoisotopic (exact) mass is 446 g/mol. The Kier molecular flexibility index (Phi) is 5.04. The molecule has 0 aliphatic carbocycles. The molecule has 1 aromatic carbocycles. The summed E-state index contributed by atoms with van der Waals surface area (Å²) in [5.41, 5.74) is 8.41. The van der Waals surface area contributed by atoms with Crippen molar-refractivity contribution in [1.29, 1.82) is 0 Å². The molecule has 34 heavy (non-hydrogen) atoms. The second-order valence-electron chi connectivity index (χ2n) is 8.08. The van der Waals surface area contributed by atoms with E-state index in [2.05, 4.69) is 60.6 Å². The second kappa shape index (κ2) is 8.49. The molecule has 8 nitrogen and oxygen atoms in total. The van der Waals surface area contributed by atoms with E-state index in [1.54, 1.807) is 18.6 Å². The van der Waals surface area contributed by atoms with E-state index in [4.69, 9.17) is 4.98 Å². The summed E-state index contributed by atoms with van der Waals surface area (Å²) in [6.07, 6.45) is 9.11. The Morgan fingerprint density at radius 2 is 1.79 bits per heavy atom. The third-order valence-electron chi connectivity index (χ3n) is 5.83. The van der Waals surface area contributed by atoms with E-state index in [9.17, 15) is 0 Å². The van der Waals surface area contributed by atoms with Crippen molar-refractivity contribution in [1.82, 2.24) is 40.4 Å². The highest BCUT2D eigenvalue weighted by Gasteiger charge is 2.16. The first-order valence-corrected chi connectivity index (χ1v) is 11.2. The zero-order valence-corrected chi connectivity index (χ0v) is 18.6. The molecule has 0 aliphatic rings. The van der Waals surface area contributed by atoms with Crippen molar-refractivity contribution in [2.45, 2.75) is 13.5 Å². The molecule has 166 valence electrons. The van der Waals surface area contributed by atoms with Crippen molar-refractivity contribution in [2.75, 3.05) is 6.54 Å². The Balaban J connectivity index is 1.44. The van der Waals surface area contributed by atoms with Crippen LogP contribution < -0.4 is 5.32 Å². The van der Waals surface area contributed by atoms with Crippen molar-refractivity contribution >= 4 is 21.9 Å². The SMILES string of the molecule is CCNCc1cncc(-c2ccc3[nH]nc(-c4nc5c(-c6cccnc6)nccc5[nH]4)c3c2)c1. The second-order valence-corrected chi connectivity index (χ2v) is 8.08. The Morgan fingerprint density at radius 1 is 0.853 bits per heavy atom. The van der Waals surface area contributed by atoms with Crippen LogP contribution in [-0.4, -0.2) is 41.7 Å². The van der Waals surface area contributed by atoms with Crippen molar-refractivity contribution < 1.29 is 0 Å². The van der Waals surface area contributed by atoms with Gasteiger partial charge >= 0.3 is 0 Å². The van der Waals surface area contributed by atoms with Crippen LogP contribution in [0.1, 0.15) is 12.5 Å². The summed E-state index contributed by atoms with van der Waals surface area (Å²) in [5.74, 6) is 0.690. The lowest BCUT2D eigenvalue weighted by Gasteiger charge is -2.06. The van der Waals surface area contributed by atoms with Crippen molar-refractivity contribution in [3.63, 3.8) is 0 Å². The smallest absolute Gasteiger partial charge is 0.159 e. The predicted octanol–water partition coefficient (Wildman–Crippen LogP) is 4.73. The zero-order valence-electron chi connectivity index (χ0n) is 18.6. The fourth-order valence-corrected chi connectivity index (χ4v) is 4.15. The Hall–Kier alpha value is -4.43. The van der Waals surface area contributed by atoms with Gasteiger partial charge in [0.05, 0.1) is 16.7 Å². The molecule has 0 spiro atoms. The maximum atomic E-state index is 4.88. The number of aromatic nitrogens is 7. The summed E-state index contributed by atoms with van der Waals surface area (Å²) in [6.45, 7) is 3.81. The summed E-state index contributed by atoms with van der Waals surface area (Å²) < 4.78 is 0. The van der Waals surface area contributed by atoms with E-state index < -0.39 is 0 Å². The predicted molar refractivity (Wildman–Crippen MR) is 133 cm³/mol. The number of aromatic amines is 2. The number of benzene rings is 1. The first kappa shape index (κ1) is 20.2. The number of nitrogens with zero attached hydrogens (tertiary/aromatic N) is 5. The molecule has 0 amide bonds. The van der Waals surface area contributed by atoms with E-state index in [-0.39, 0.29) is 0 Å². The van der Waals surface area contributed by atoms with Crippen LogP contribution in [0.5, 0.6) is 0 Å². The molecule has 6 aromatic rings. The van der Waals surface area contributed by atoms with Gasteiger partial charge in [-0.3, -0.25) is 20.1 Å². The summed E-state index contributed by atoms with van der Waals surface area (Å²) >= 11 is 0. The highest BCUT2D eigenvalue weighted by molar-refractivity contribution is 5.97. The van der Waals surface area contributed by atoms with Gasteiger partial charge in [0.15, 0.2) is 5.82 Å². The maximum Gasteiger partial charge on any atom is 0.159 e. The molecule has 0 unspecified atom stereocenters. The molecule has 8 heteroatoms. The van der Waals surface area contributed by atoms with Crippen molar-refractivity contribution in [2.24, 2.45) is 0 Å². The fraction of sp³-hybridized carbons (Fsp3) is 0.115. The quantitative estimate of drug-likeness (QED) is 0.341. The van der Waals surface area contributed by atoms with Gasteiger partial charge in [-0.2, -0.15) is 5.10 Å². The van der Waals surface area contributed by atoms with Crippen molar-refractivity contribution in [3.8, 4) is 33.9 Å². The van der Waals surface area contributed by atoms with Gasteiger partial charge in [-0.25, -0.2) is 4.98 Å². The zero-order chi connectivity index (χ0) is 22.9. The van der Waals surface area contributed by atoms with Crippen LogP contribution in [0.15, 0.2) is 73.4 Å². The molecular weight excluding hydrogens is 424 g/mol. The molecule has 0 atom stereocenters. The summed E-state index contributed by atoms with van der Waals surface area (Å²) in [6, 6.07) is 14.2. The number of H-pyrrole nitrogens is 2. The van der Waals surface area contributed by atoms with Gasteiger partial charge in [0.1, 0.15) is 11.2 Å². The van der Waals surface area contributed by atoms with Gasteiger partial charge in [0.2, 0.25) is 0 Å². The minimum Gasteiger partial charge on any atom is -0.336 e. The highest BCUT2D eigenvalue weighted by atomic mass is 15.1. The lowest BCUT2D eigenvalue weighted by Crippen LogP contribution is -2.11. The van der Waals surface area contributed by atoms with Gasteiger partial charge in [-0.05, 0) is 54.1 Å². The van der Waals surface area contributed by atoms with Crippen molar-refractivity contribution in [3.05, 3.63) is 79.0 Å². The molecule has 5 heterocycles. The first-order chi connectivity index (χ1) is 16.8. The van der Waals surface area contributed by atoms with E-state index >= 15 is 0 Å². The topological polar surface area (TPSA) is 108 Å². The Bertz CT molecular complexity index is 1600. The van der Waals surface area contributed by atoms with Gasteiger partial charge in [-0.1, -0.05) is 13.0 Å². The molecule has 0 saturated carbocycles. The van der Waals surface area contributed by atoms with E-state index in [0.717, 1.165) is 68.7 Å². The molecular formula is C26H22N8. The molecule has 6 rings (SSSR count). The van der Waals surface area contributed by atoms with E-state index in [0.29, 0.717) is 5.82 Å². The normalized spacial score (nSPS) is 11.4. The number of hydrogen-bond donors (Lipinski definition) is 3. The van der Waals surface area contributed by atoms with Crippen LogP contribution >= 0.6 is 0 Å². The average molecular weight is 447 g/mol. The third kappa shape index (κ3) is 3.60. The van der Waals surface area contributed by atoms with Crippen LogP contribution in [0.3, 0.4) is 0 Å². The summed E-state index contributed by atoms with van der Waals surface area (Å²) in [4.78, 5) is 21.5. The molecule has 0 bridgehead atoms. The van der Waals surface area contributed by atoms with Crippen LogP contribution in [-0.2, 0) is 6.54 Å². The Labute approximate surface area is 195 Å². The Morgan fingerprint density at radius 3 is 2.68 bits per heavy atom. The summed E-state index contributed by atoms with van der Waals surface area (Å²) in [7, 11) is 0. The number of hydrogen-bond acceptors (Lipinski definition) is 6. The minimum absolute atomic E-state index is 0.690. The molecule has 0 saturated heterocycles. The van der Waals surface area contributed by atoms with Crippen LogP contribution in [0.25, 0.3) is 55.8 Å². The van der Waals surface area contributed by atoms with Crippen LogP contribution in [0.2, 0.25) is 0 Å². The molecule has 3 N–H and O–H groups in total. The van der Waals surface area contributed by atoms with Crippen LogP contribution in [0, 0.1) is 0 Å². The standard InChI is InChI=1S/C26H22N8/c1-2-27-12-16-10-19(15-29-13-16)17-5-6-21-20(11-17)24(34-33-21)26-31-22-7-9-30-23(25(22)32-26)18-4-3-8-28-14-18/h3-11,13-15,27H,2,12H2,1H3,(H,31,32)(H,33,34). The molecule has 0 radical (unpaired) electrons. The number of pyridine rings is 3. The lowest BCUT2D eigenvalue weighted by molar-refractivity contribution is 0.724. The first-order valence-electron chi connectivity index (χ1n) is 11.2. The van der Waals surface area contributed by atoms with E-state index in [1.807, 2.05) is 36.7 Å². The lowest BCUT2D eigenvalue weighted by atomic mass is 10.0. The third-order valence-corrected chi connectivity index (χ3v) is 5.83. The van der Waals surface area contributed by atoms with Gasteiger partial charge < -0.3 is 10.3 Å². The van der Waals surface area contributed by atoms with Gasteiger partial charge in [0.25, 0.3) is 0 Å². The summed E-state index contributed by atoms with van der Waals surface area (Å²) in [5, 5.41) is 12.1. The maximum absolute atomic E-state index is 4.88. The highest BCUT2D eigenvalue weighted by Crippen LogP contribution is 2.32. The minimum atomic E-state index is 0.690. The number of fused-ring (bicyclic) bond motifs is 2. The largest absolute Gasteiger partial charge is 0.336 e. The van der Waals surface area contributed by atoms with Crippen LogP contribution in [0.4, 0.5) is 0 Å². The van der Waals surface area contributed by atoms with E-state index in [1.165, 1.54) is 0 Å². The number of imidazole rings is 1. The van der Waals surface area contributed by atoms with Gasteiger partial charge in [-0.15, -0.1) is 0 Å².